The summed E-state index contributed by atoms with van der Waals surface area (Å²) in [5.41, 5.74) is 1.10. The lowest BCUT2D eigenvalue weighted by atomic mass is 10.0. The molecular formula is C25H28F3N5O3. The third-order valence-corrected chi connectivity index (χ3v) is 6.34. The molecule has 0 saturated carbocycles. The van der Waals surface area contributed by atoms with Gasteiger partial charge in [0.2, 0.25) is 11.8 Å². The molecular weight excluding hydrogens is 475 g/mol. The van der Waals surface area contributed by atoms with Crippen molar-refractivity contribution in [3.8, 4) is 0 Å². The molecule has 4 rings (SSSR count). The number of rotatable bonds is 5. The first-order valence-corrected chi connectivity index (χ1v) is 11.8. The summed E-state index contributed by atoms with van der Waals surface area (Å²) >= 11 is 0. The average Bonchev–Trinajstić information content (AvgIpc) is 3.28. The van der Waals surface area contributed by atoms with Gasteiger partial charge in [-0.25, -0.2) is 4.79 Å². The Kier molecular flexibility index (Phi) is 7.37. The number of amides is 4. The number of anilines is 3. The maximum Gasteiger partial charge on any atom is 0.416 e. The highest BCUT2D eigenvalue weighted by Crippen LogP contribution is 2.30. The van der Waals surface area contributed by atoms with Crippen molar-refractivity contribution < 1.29 is 27.6 Å². The molecule has 2 aliphatic heterocycles. The molecule has 36 heavy (non-hydrogen) atoms. The van der Waals surface area contributed by atoms with E-state index in [1.165, 1.54) is 6.92 Å². The number of benzene rings is 2. The first kappa shape index (κ1) is 25.3. The van der Waals surface area contributed by atoms with E-state index in [1.807, 2.05) is 24.3 Å². The Morgan fingerprint density at radius 2 is 1.58 bits per heavy atom. The van der Waals surface area contributed by atoms with Crippen molar-refractivity contribution in [3.05, 3.63) is 54.1 Å². The van der Waals surface area contributed by atoms with Crippen LogP contribution in [-0.2, 0) is 15.8 Å². The molecule has 8 nitrogen and oxygen atoms in total. The van der Waals surface area contributed by atoms with E-state index in [0.717, 1.165) is 55.2 Å². The number of halogens is 3. The molecule has 0 radical (unpaired) electrons. The van der Waals surface area contributed by atoms with Crippen LogP contribution in [0.25, 0.3) is 0 Å². The third kappa shape index (κ3) is 6.07. The van der Waals surface area contributed by atoms with Crippen LogP contribution in [0, 0.1) is 0 Å². The smallest absolute Gasteiger partial charge is 0.369 e. The van der Waals surface area contributed by atoms with E-state index in [0.29, 0.717) is 19.4 Å². The molecule has 2 aliphatic rings. The van der Waals surface area contributed by atoms with Crippen molar-refractivity contribution in [2.75, 3.05) is 34.8 Å². The van der Waals surface area contributed by atoms with Gasteiger partial charge in [-0.15, -0.1) is 0 Å². The van der Waals surface area contributed by atoms with Crippen LogP contribution < -0.4 is 25.8 Å². The van der Waals surface area contributed by atoms with Gasteiger partial charge < -0.3 is 25.8 Å². The zero-order valence-electron chi connectivity index (χ0n) is 19.8. The van der Waals surface area contributed by atoms with Crippen LogP contribution >= 0.6 is 0 Å². The van der Waals surface area contributed by atoms with Crippen molar-refractivity contribution in [2.24, 2.45) is 0 Å². The van der Waals surface area contributed by atoms with E-state index >= 15 is 0 Å². The van der Waals surface area contributed by atoms with E-state index in [1.54, 1.807) is 4.90 Å². The number of piperidine rings is 1. The van der Waals surface area contributed by atoms with Gasteiger partial charge in [-0.3, -0.25) is 9.59 Å². The van der Waals surface area contributed by atoms with Gasteiger partial charge >= 0.3 is 12.2 Å². The fraction of sp³-hybridized carbons (Fsp3) is 0.400. The van der Waals surface area contributed by atoms with Gasteiger partial charge in [-0.2, -0.15) is 13.2 Å². The zero-order chi connectivity index (χ0) is 25.9. The minimum atomic E-state index is -4.46. The first-order valence-electron chi connectivity index (χ1n) is 11.8. The molecule has 2 heterocycles. The topological polar surface area (TPSA) is 93.8 Å². The predicted octanol–water partition coefficient (Wildman–Crippen LogP) is 3.74. The zero-order valence-corrected chi connectivity index (χ0v) is 19.8. The highest BCUT2D eigenvalue weighted by Gasteiger charge is 2.32. The number of urea groups is 1. The van der Waals surface area contributed by atoms with E-state index in [2.05, 4.69) is 20.9 Å². The molecule has 2 atom stereocenters. The minimum absolute atomic E-state index is 0.0444. The minimum Gasteiger partial charge on any atom is -0.369 e. The molecule has 2 saturated heterocycles. The number of carbonyl (C=O) groups is 3. The Morgan fingerprint density at radius 1 is 0.917 bits per heavy atom. The standard InChI is InChI=1S/C25H28F3N5O3/c1-16(34)29-19-12-14-32(15-19)20-8-10-21(11-9-20)33-13-2-3-22(23(33)35)31-24(36)30-18-6-4-17(5-7-18)25(26,27)28/h4-11,19,22H,2-3,12-15H2,1H3,(H,29,34)(H2,30,31,36). The van der Waals surface area contributed by atoms with Crippen LogP contribution in [0.2, 0.25) is 0 Å². The van der Waals surface area contributed by atoms with Gasteiger partial charge in [0.05, 0.1) is 5.56 Å². The Hall–Kier alpha value is -3.76. The lowest BCUT2D eigenvalue weighted by molar-refractivity contribution is -0.137. The molecule has 2 unspecified atom stereocenters. The van der Waals surface area contributed by atoms with Gasteiger partial charge in [-0.1, -0.05) is 0 Å². The van der Waals surface area contributed by atoms with Crippen molar-refractivity contribution in [1.29, 1.82) is 0 Å². The SMILES string of the molecule is CC(=O)NC1CCN(c2ccc(N3CCCC(NC(=O)Nc4ccc(C(F)(F)F)cc4)C3=O)cc2)C1. The maximum atomic E-state index is 13.1. The Balaban J connectivity index is 1.33. The summed E-state index contributed by atoms with van der Waals surface area (Å²) in [5.74, 6) is -0.291. The summed E-state index contributed by atoms with van der Waals surface area (Å²) in [6.07, 6.45) is -2.44. The quantitative estimate of drug-likeness (QED) is 0.580. The third-order valence-electron chi connectivity index (χ3n) is 6.34. The summed E-state index contributed by atoms with van der Waals surface area (Å²) < 4.78 is 38.1. The molecule has 192 valence electrons. The van der Waals surface area contributed by atoms with E-state index in [-0.39, 0.29) is 23.5 Å². The highest BCUT2D eigenvalue weighted by molar-refractivity contribution is 6.01. The Labute approximate surface area is 206 Å². The van der Waals surface area contributed by atoms with Crippen LogP contribution in [0.1, 0.15) is 31.7 Å². The van der Waals surface area contributed by atoms with E-state index in [9.17, 15) is 27.6 Å². The number of hydrogen-bond acceptors (Lipinski definition) is 4. The van der Waals surface area contributed by atoms with Crippen molar-refractivity contribution in [1.82, 2.24) is 10.6 Å². The number of carbonyl (C=O) groups excluding carboxylic acids is 3. The largest absolute Gasteiger partial charge is 0.416 e. The second kappa shape index (κ2) is 10.5. The van der Waals surface area contributed by atoms with Crippen LogP contribution in [0.5, 0.6) is 0 Å². The summed E-state index contributed by atoms with van der Waals surface area (Å²) in [6, 6.07) is 10.4. The maximum absolute atomic E-state index is 13.1. The second-order valence-electron chi connectivity index (χ2n) is 9.01. The molecule has 0 bridgehead atoms. The van der Waals surface area contributed by atoms with Crippen LogP contribution in [0.15, 0.2) is 48.5 Å². The molecule has 3 N–H and O–H groups in total. The summed E-state index contributed by atoms with van der Waals surface area (Å²) in [6.45, 7) is 3.58. The molecule has 0 aliphatic carbocycles. The fourth-order valence-corrected chi connectivity index (χ4v) is 4.58. The molecule has 11 heteroatoms. The van der Waals surface area contributed by atoms with Gasteiger partial charge in [0.15, 0.2) is 0 Å². The predicted molar refractivity (Wildman–Crippen MR) is 130 cm³/mol. The van der Waals surface area contributed by atoms with Crippen molar-refractivity contribution in [2.45, 2.75) is 44.4 Å². The van der Waals surface area contributed by atoms with Crippen molar-refractivity contribution in [3.63, 3.8) is 0 Å². The lowest BCUT2D eigenvalue weighted by Crippen LogP contribution is -2.53. The van der Waals surface area contributed by atoms with E-state index in [4.69, 9.17) is 0 Å². The summed E-state index contributed by atoms with van der Waals surface area (Å²) in [7, 11) is 0. The number of nitrogens with zero attached hydrogens (tertiary/aromatic N) is 2. The fourth-order valence-electron chi connectivity index (χ4n) is 4.58. The van der Waals surface area contributed by atoms with Crippen molar-refractivity contribution >= 4 is 34.9 Å². The van der Waals surface area contributed by atoms with Gasteiger partial charge in [0.1, 0.15) is 6.04 Å². The van der Waals surface area contributed by atoms with Gasteiger partial charge in [0, 0.05) is 49.7 Å². The number of hydrogen-bond donors (Lipinski definition) is 3. The van der Waals surface area contributed by atoms with Gasteiger partial charge in [-0.05, 0) is 67.8 Å². The normalized spacial score (nSPS) is 20.3. The molecule has 0 aromatic heterocycles. The first-order chi connectivity index (χ1) is 17.1. The molecule has 2 aromatic carbocycles. The second-order valence-corrected chi connectivity index (χ2v) is 9.01. The lowest BCUT2D eigenvalue weighted by Gasteiger charge is -2.33. The van der Waals surface area contributed by atoms with Crippen LogP contribution in [0.3, 0.4) is 0 Å². The Morgan fingerprint density at radius 3 is 2.22 bits per heavy atom. The number of alkyl halides is 3. The molecule has 4 amide bonds. The van der Waals surface area contributed by atoms with E-state index < -0.39 is 23.8 Å². The molecule has 2 aromatic rings. The monoisotopic (exact) mass is 503 g/mol. The van der Waals surface area contributed by atoms with Crippen LogP contribution in [-0.4, -0.2) is 49.6 Å². The summed E-state index contributed by atoms with van der Waals surface area (Å²) in [4.78, 5) is 40.5. The Bertz CT molecular complexity index is 1110. The number of nitrogens with one attached hydrogen (secondary N) is 3. The average molecular weight is 504 g/mol. The van der Waals surface area contributed by atoms with Crippen LogP contribution in [0.4, 0.5) is 35.0 Å². The highest BCUT2D eigenvalue weighted by atomic mass is 19.4. The molecule has 2 fully saturated rings. The molecule has 0 spiro atoms. The summed E-state index contributed by atoms with van der Waals surface area (Å²) in [5, 5.41) is 8.05. The van der Waals surface area contributed by atoms with Gasteiger partial charge in [0.25, 0.3) is 0 Å².